The Morgan fingerprint density at radius 1 is 1.00 bits per heavy atom. The Morgan fingerprint density at radius 2 is 1.69 bits per heavy atom. The monoisotopic (exact) mass is 505 g/mol. The van der Waals surface area contributed by atoms with Gasteiger partial charge in [-0.15, -0.1) is 11.6 Å². The Hall–Kier alpha value is -0.120. The molecule has 3 aliphatic rings. The van der Waals surface area contributed by atoms with Gasteiger partial charge in [-0.05, 0) is 63.7 Å². The molecule has 0 amide bonds. The van der Waals surface area contributed by atoms with E-state index in [-0.39, 0.29) is 49.6 Å². The normalized spacial score (nSPS) is 37.5. The molecule has 0 aromatic heterocycles. The number of halogens is 5. The van der Waals surface area contributed by atoms with Crippen LogP contribution in [0.4, 0.5) is 17.6 Å². The average Bonchev–Trinajstić information content (AvgIpc) is 2.73. The van der Waals surface area contributed by atoms with Gasteiger partial charge in [-0.2, -0.15) is 17.5 Å². The van der Waals surface area contributed by atoms with E-state index in [4.69, 9.17) is 16.3 Å². The smallest absolute Gasteiger partial charge is 0.373 e. The molecule has 0 heterocycles. The Bertz CT molecular complexity index is 698. The van der Waals surface area contributed by atoms with Crippen molar-refractivity contribution in [2.24, 2.45) is 11.8 Å². The number of rotatable bonds is 7. The summed E-state index contributed by atoms with van der Waals surface area (Å²) in [6.07, 6.45) is -0.979. The molecule has 0 saturated heterocycles. The van der Waals surface area contributed by atoms with Crippen molar-refractivity contribution in [3.63, 3.8) is 0 Å². The lowest BCUT2D eigenvalue weighted by molar-refractivity contribution is -0.181. The lowest BCUT2D eigenvalue weighted by Gasteiger charge is -2.40. The molecule has 0 spiro atoms. The molecule has 0 aromatic carbocycles. The highest BCUT2D eigenvalue weighted by molar-refractivity contribution is 7.89. The van der Waals surface area contributed by atoms with Crippen LogP contribution in [0.1, 0.15) is 77.6 Å². The zero-order chi connectivity index (χ0) is 23.5. The quantitative estimate of drug-likeness (QED) is 0.323. The topological polar surface area (TPSA) is 46.6 Å². The van der Waals surface area contributed by atoms with Crippen LogP contribution in [0.3, 0.4) is 0 Å². The molecule has 0 aliphatic heterocycles. The first-order valence-corrected chi connectivity index (χ1v) is 13.9. The molecule has 4 nitrogen and oxygen atoms in total. The highest BCUT2D eigenvalue weighted by Gasteiger charge is 2.47. The number of hydrogen-bond acceptors (Lipinski definition) is 3. The van der Waals surface area contributed by atoms with E-state index in [0.29, 0.717) is 25.9 Å². The van der Waals surface area contributed by atoms with Gasteiger partial charge in [0.15, 0.2) is 0 Å². The minimum Gasteiger partial charge on any atom is -0.373 e. The summed E-state index contributed by atoms with van der Waals surface area (Å²) in [6, 6.07) is -0.252. The first kappa shape index (κ1) is 26.5. The summed E-state index contributed by atoms with van der Waals surface area (Å²) in [7, 11) is -3.83. The summed E-state index contributed by atoms with van der Waals surface area (Å²) in [5.41, 5.74) is 0. The molecule has 0 aromatic rings. The highest BCUT2D eigenvalue weighted by Crippen LogP contribution is 2.41. The van der Waals surface area contributed by atoms with Crippen molar-refractivity contribution < 1.29 is 30.7 Å². The maximum absolute atomic E-state index is 14.2. The molecule has 0 radical (unpaired) electrons. The number of hydrogen-bond donors (Lipinski definition) is 0. The number of nitrogens with zero attached hydrogens (tertiary/aromatic N) is 1. The van der Waals surface area contributed by atoms with Gasteiger partial charge in [0, 0.05) is 12.6 Å². The molecular formula is C22H36ClF4NO3S. The summed E-state index contributed by atoms with van der Waals surface area (Å²) in [4.78, 5) is 0. The van der Waals surface area contributed by atoms with Crippen LogP contribution in [-0.4, -0.2) is 61.0 Å². The summed E-state index contributed by atoms with van der Waals surface area (Å²) in [5.74, 6) is -1.46. The fourth-order valence-corrected chi connectivity index (χ4v) is 8.42. The van der Waals surface area contributed by atoms with Crippen molar-refractivity contribution in [3.05, 3.63) is 0 Å². The molecule has 3 rings (SSSR count). The SMILES string of the molecule is CCN(C1CCCC(COC2C(F)CCCC2Cl)C1)S(=O)(=O)C1CCCC(C(F)(F)F)C1. The van der Waals surface area contributed by atoms with Gasteiger partial charge in [-0.3, -0.25) is 0 Å². The molecule has 0 N–H and O–H groups in total. The van der Waals surface area contributed by atoms with E-state index in [1.165, 1.54) is 4.31 Å². The molecule has 3 aliphatic carbocycles. The third kappa shape index (κ3) is 6.30. The lowest BCUT2D eigenvalue weighted by Crippen LogP contribution is -2.49. The summed E-state index contributed by atoms with van der Waals surface area (Å²) >= 11 is 6.25. The molecule has 32 heavy (non-hydrogen) atoms. The van der Waals surface area contributed by atoms with Crippen LogP contribution in [0.15, 0.2) is 0 Å². The van der Waals surface area contributed by atoms with E-state index in [2.05, 4.69) is 0 Å². The van der Waals surface area contributed by atoms with Gasteiger partial charge in [0.1, 0.15) is 12.3 Å². The molecule has 7 unspecified atom stereocenters. The van der Waals surface area contributed by atoms with Crippen LogP contribution in [0.2, 0.25) is 0 Å². The van der Waals surface area contributed by atoms with Gasteiger partial charge < -0.3 is 4.74 Å². The van der Waals surface area contributed by atoms with Crippen LogP contribution in [0.5, 0.6) is 0 Å². The van der Waals surface area contributed by atoms with Gasteiger partial charge in [0.05, 0.1) is 23.2 Å². The predicted octanol–water partition coefficient (Wildman–Crippen LogP) is 5.83. The van der Waals surface area contributed by atoms with Crippen molar-refractivity contribution in [2.45, 2.75) is 113 Å². The first-order chi connectivity index (χ1) is 15.0. The Kier molecular flexibility index (Phi) is 9.17. The van der Waals surface area contributed by atoms with E-state index in [0.717, 1.165) is 25.7 Å². The average molecular weight is 506 g/mol. The highest BCUT2D eigenvalue weighted by atomic mass is 35.5. The second kappa shape index (κ2) is 11.1. The molecule has 10 heteroatoms. The molecule has 188 valence electrons. The third-order valence-electron chi connectivity index (χ3n) is 7.51. The Labute approximate surface area is 194 Å². The van der Waals surface area contributed by atoms with Crippen LogP contribution >= 0.6 is 11.6 Å². The second-order valence-corrected chi connectivity index (χ2v) is 12.4. The summed E-state index contributed by atoms with van der Waals surface area (Å²) in [6.45, 7) is 2.32. The van der Waals surface area contributed by atoms with Crippen LogP contribution in [-0.2, 0) is 14.8 Å². The largest absolute Gasteiger partial charge is 0.391 e. The van der Waals surface area contributed by atoms with Gasteiger partial charge in [0.2, 0.25) is 10.0 Å². The Balaban J connectivity index is 1.62. The van der Waals surface area contributed by atoms with E-state index in [9.17, 15) is 26.0 Å². The predicted molar refractivity (Wildman–Crippen MR) is 117 cm³/mol. The van der Waals surface area contributed by atoms with E-state index >= 15 is 0 Å². The van der Waals surface area contributed by atoms with E-state index < -0.39 is 39.6 Å². The minimum atomic E-state index is -4.35. The Morgan fingerprint density at radius 3 is 2.34 bits per heavy atom. The van der Waals surface area contributed by atoms with Crippen molar-refractivity contribution in [3.8, 4) is 0 Å². The number of sulfonamides is 1. The number of alkyl halides is 5. The van der Waals surface area contributed by atoms with Gasteiger partial charge in [-0.25, -0.2) is 12.8 Å². The fraction of sp³-hybridized carbons (Fsp3) is 1.00. The van der Waals surface area contributed by atoms with Crippen LogP contribution in [0, 0.1) is 11.8 Å². The second-order valence-electron chi connectivity index (χ2n) is 9.72. The first-order valence-electron chi connectivity index (χ1n) is 12.0. The zero-order valence-electron chi connectivity index (χ0n) is 18.7. The van der Waals surface area contributed by atoms with Crippen molar-refractivity contribution >= 4 is 21.6 Å². The van der Waals surface area contributed by atoms with Gasteiger partial charge in [-0.1, -0.05) is 19.8 Å². The molecule has 7 atom stereocenters. The van der Waals surface area contributed by atoms with Crippen LogP contribution in [0.25, 0.3) is 0 Å². The fourth-order valence-electron chi connectivity index (χ4n) is 5.74. The number of ether oxygens (including phenoxy) is 1. The van der Waals surface area contributed by atoms with E-state index in [1.807, 2.05) is 0 Å². The van der Waals surface area contributed by atoms with E-state index in [1.54, 1.807) is 6.92 Å². The summed E-state index contributed by atoms with van der Waals surface area (Å²) < 4.78 is 87.9. The van der Waals surface area contributed by atoms with Gasteiger partial charge >= 0.3 is 6.18 Å². The maximum Gasteiger partial charge on any atom is 0.391 e. The lowest BCUT2D eigenvalue weighted by atomic mass is 9.86. The molecular weight excluding hydrogens is 470 g/mol. The molecule has 3 saturated carbocycles. The van der Waals surface area contributed by atoms with Crippen molar-refractivity contribution in [1.29, 1.82) is 0 Å². The van der Waals surface area contributed by atoms with Crippen molar-refractivity contribution in [2.75, 3.05) is 13.2 Å². The molecule has 0 bridgehead atoms. The van der Waals surface area contributed by atoms with Crippen LogP contribution < -0.4 is 0 Å². The minimum absolute atomic E-state index is 0.00276. The third-order valence-corrected chi connectivity index (χ3v) is 10.5. The standard InChI is InChI=1S/C22H36ClF4NO3S/c1-2-28(32(29,30)18-9-4-7-16(13-18)22(25,26)27)17-8-3-6-15(12-17)14-31-21-19(23)10-5-11-20(21)24/h15-21H,2-14H2,1H3. The van der Waals surface area contributed by atoms with Crippen molar-refractivity contribution in [1.82, 2.24) is 4.31 Å². The maximum atomic E-state index is 14.2. The van der Waals surface area contributed by atoms with Gasteiger partial charge in [0.25, 0.3) is 0 Å². The zero-order valence-corrected chi connectivity index (χ0v) is 20.3. The summed E-state index contributed by atoms with van der Waals surface area (Å²) in [5, 5.41) is -1.33. The molecule has 3 fully saturated rings.